The van der Waals surface area contributed by atoms with Crippen molar-refractivity contribution in [2.45, 2.75) is 127 Å². The smallest absolute Gasteiger partial charge is 0.164 e. The van der Waals surface area contributed by atoms with E-state index in [0.717, 1.165) is 11.1 Å². The molecule has 9 nitrogen and oxygen atoms in total. The van der Waals surface area contributed by atoms with Crippen molar-refractivity contribution in [1.29, 1.82) is 0 Å². The van der Waals surface area contributed by atoms with Crippen molar-refractivity contribution in [3.05, 3.63) is 23.3 Å². The Morgan fingerprint density at radius 3 is 1.31 bits per heavy atom. The van der Waals surface area contributed by atoms with Crippen molar-refractivity contribution in [1.82, 2.24) is 5.32 Å². The maximum Gasteiger partial charge on any atom is 0.164 e. The van der Waals surface area contributed by atoms with E-state index in [9.17, 15) is 0 Å². The number of rotatable bonds is 2. The molecule has 0 saturated carbocycles. The predicted octanol–water partition coefficient (Wildman–Crippen LogP) is 2.54. The Hall–Kier alpha value is -0.880. The van der Waals surface area contributed by atoms with Crippen molar-refractivity contribution >= 4 is 0 Å². The summed E-state index contributed by atoms with van der Waals surface area (Å²) in [5, 5.41) is 3.80. The van der Waals surface area contributed by atoms with Crippen LogP contribution in [0.25, 0.3) is 0 Å². The summed E-state index contributed by atoms with van der Waals surface area (Å²) in [4.78, 5) is 0. The summed E-state index contributed by atoms with van der Waals surface area (Å²) in [6.07, 6.45) is 3.00. The molecule has 196 valence electrons. The van der Waals surface area contributed by atoms with Gasteiger partial charge in [-0.15, -0.1) is 0 Å². The third-order valence-corrected chi connectivity index (χ3v) is 7.53. The third kappa shape index (κ3) is 4.43. The van der Waals surface area contributed by atoms with E-state index < -0.39 is 23.1 Å². The molecule has 4 fully saturated rings. The first-order valence-electron chi connectivity index (χ1n) is 12.7. The van der Waals surface area contributed by atoms with Gasteiger partial charge in [0.05, 0.1) is 25.3 Å². The molecule has 35 heavy (non-hydrogen) atoms. The molecule has 4 saturated heterocycles. The van der Waals surface area contributed by atoms with Gasteiger partial charge in [-0.25, -0.2) is 0 Å². The van der Waals surface area contributed by atoms with Gasteiger partial charge in [-0.05, 0) is 66.5 Å². The van der Waals surface area contributed by atoms with Gasteiger partial charge in [0, 0.05) is 0 Å². The van der Waals surface area contributed by atoms with Gasteiger partial charge in [-0.1, -0.05) is 12.2 Å². The summed E-state index contributed by atoms with van der Waals surface area (Å²) in [7, 11) is 0. The molecular weight excluding hydrogens is 454 g/mol. The third-order valence-electron chi connectivity index (χ3n) is 7.53. The van der Waals surface area contributed by atoms with Crippen molar-refractivity contribution < 1.29 is 37.9 Å². The van der Waals surface area contributed by atoms with Gasteiger partial charge in [0.1, 0.15) is 36.6 Å². The maximum atomic E-state index is 6.42. The Bertz CT molecular complexity index is 866. The number of ether oxygens (including phenoxy) is 8. The van der Waals surface area contributed by atoms with E-state index in [4.69, 9.17) is 37.9 Å². The van der Waals surface area contributed by atoms with Crippen molar-refractivity contribution in [2.75, 3.05) is 13.2 Å². The average molecular weight is 494 g/mol. The standard InChI is InChI=1S/C26H39NO8/c1-23(2)28-11-13-9-15(19-21(17(13)30-23)34-25(5,6)32-19)27-16-10-14-12-29-24(3,4)31-18(14)22-20(16)33-26(7,8)35-22/h9-10,15-22,27H,11-12H2,1-8H3/t15-,16-,17+,18+,19+,20+,21-,22-/m0/s1. The molecular formula is C26H39NO8. The van der Waals surface area contributed by atoms with Gasteiger partial charge in [-0.3, -0.25) is 5.32 Å². The van der Waals surface area contributed by atoms with Crippen LogP contribution in [-0.2, 0) is 37.9 Å². The van der Waals surface area contributed by atoms with E-state index in [1.807, 2.05) is 55.4 Å². The van der Waals surface area contributed by atoms with Crippen molar-refractivity contribution in [3.63, 3.8) is 0 Å². The monoisotopic (exact) mass is 493 g/mol. The minimum absolute atomic E-state index is 0.130. The lowest BCUT2D eigenvalue weighted by atomic mass is 9.84. The molecule has 8 atom stereocenters. The van der Waals surface area contributed by atoms with Crippen LogP contribution in [0.4, 0.5) is 0 Å². The summed E-state index contributed by atoms with van der Waals surface area (Å²) >= 11 is 0. The molecule has 0 spiro atoms. The second-order valence-corrected chi connectivity index (χ2v) is 12.3. The molecule has 4 heterocycles. The van der Waals surface area contributed by atoms with Crippen LogP contribution in [0.5, 0.6) is 0 Å². The fourth-order valence-corrected chi connectivity index (χ4v) is 6.17. The first-order chi connectivity index (χ1) is 16.2. The predicted molar refractivity (Wildman–Crippen MR) is 124 cm³/mol. The van der Waals surface area contributed by atoms with E-state index in [1.165, 1.54) is 0 Å². The van der Waals surface area contributed by atoms with Gasteiger partial charge in [0.2, 0.25) is 0 Å². The summed E-state index contributed by atoms with van der Waals surface area (Å²) < 4.78 is 50.1. The van der Waals surface area contributed by atoms with Crippen molar-refractivity contribution in [2.24, 2.45) is 0 Å². The zero-order chi connectivity index (χ0) is 25.0. The van der Waals surface area contributed by atoms with Crippen LogP contribution in [0, 0.1) is 0 Å². The lowest BCUT2D eigenvalue weighted by Crippen LogP contribution is -2.62. The largest absolute Gasteiger partial charge is 0.346 e. The van der Waals surface area contributed by atoms with Crippen LogP contribution in [0.15, 0.2) is 23.3 Å². The molecule has 4 aliphatic heterocycles. The number of hydrogen-bond acceptors (Lipinski definition) is 9. The van der Waals surface area contributed by atoms with E-state index in [2.05, 4.69) is 17.5 Å². The summed E-state index contributed by atoms with van der Waals surface area (Å²) in [6.45, 7) is 16.5. The van der Waals surface area contributed by atoms with Gasteiger partial charge >= 0.3 is 0 Å². The molecule has 0 aromatic rings. The Morgan fingerprint density at radius 1 is 0.543 bits per heavy atom. The molecule has 2 aliphatic carbocycles. The first kappa shape index (κ1) is 24.5. The molecule has 9 heteroatoms. The lowest BCUT2D eigenvalue weighted by Gasteiger charge is -2.47. The van der Waals surface area contributed by atoms with Crippen LogP contribution in [0.1, 0.15) is 55.4 Å². The molecule has 0 unspecified atom stereocenters. The molecule has 6 aliphatic rings. The van der Waals surface area contributed by atoms with E-state index in [-0.39, 0.29) is 48.7 Å². The minimum Gasteiger partial charge on any atom is -0.346 e. The zero-order valence-electron chi connectivity index (χ0n) is 22.0. The molecule has 6 rings (SSSR count). The zero-order valence-corrected chi connectivity index (χ0v) is 22.0. The van der Waals surface area contributed by atoms with Crippen LogP contribution in [-0.4, -0.2) is 85.1 Å². The van der Waals surface area contributed by atoms with Gasteiger partial charge < -0.3 is 37.9 Å². The summed E-state index contributed by atoms with van der Waals surface area (Å²) in [5.74, 6) is -2.77. The molecule has 0 aromatic carbocycles. The highest BCUT2D eigenvalue weighted by Crippen LogP contribution is 2.44. The molecule has 0 radical (unpaired) electrons. The number of hydrogen-bond donors (Lipinski definition) is 1. The Morgan fingerprint density at radius 2 is 0.914 bits per heavy atom. The Kier molecular flexibility index (Phi) is 5.46. The first-order valence-corrected chi connectivity index (χ1v) is 12.7. The number of nitrogens with one attached hydrogen (secondary N) is 1. The van der Waals surface area contributed by atoms with Gasteiger partial charge in [-0.2, -0.15) is 0 Å². The molecule has 0 bridgehead atoms. The molecule has 0 amide bonds. The molecule has 1 N–H and O–H groups in total. The van der Waals surface area contributed by atoms with Crippen LogP contribution in [0.2, 0.25) is 0 Å². The SMILES string of the molecule is CC1(C)O[C@@H]2[C@H](O1)[C@@H](N[C@H]1C=C3COC(C)(C)O[C@H]3[C@@H]3OC(C)(C)O[C@@H]31)C=C1COC(C)(C)O[C@H]12. The highest BCUT2D eigenvalue weighted by Gasteiger charge is 2.58. The van der Waals surface area contributed by atoms with Crippen molar-refractivity contribution in [3.8, 4) is 0 Å². The Balaban J connectivity index is 1.31. The number of fused-ring (bicyclic) bond motifs is 6. The second-order valence-electron chi connectivity index (χ2n) is 12.3. The fourth-order valence-electron chi connectivity index (χ4n) is 6.17. The van der Waals surface area contributed by atoms with Gasteiger partial charge in [0.25, 0.3) is 0 Å². The highest BCUT2D eigenvalue weighted by atomic mass is 16.8. The van der Waals surface area contributed by atoms with Gasteiger partial charge in [0.15, 0.2) is 23.1 Å². The van der Waals surface area contributed by atoms with E-state index in [0.29, 0.717) is 13.2 Å². The summed E-state index contributed by atoms with van der Waals surface area (Å²) in [6, 6.07) is -0.260. The topological polar surface area (TPSA) is 85.9 Å². The normalized spacial score (nSPS) is 46.5. The second kappa shape index (κ2) is 7.82. The Labute approximate surface area is 207 Å². The van der Waals surface area contributed by atoms with Crippen LogP contribution < -0.4 is 5.32 Å². The van der Waals surface area contributed by atoms with Crippen LogP contribution >= 0.6 is 0 Å². The quantitative estimate of drug-likeness (QED) is 0.583. The fraction of sp³-hybridized carbons (Fsp3) is 0.846. The average Bonchev–Trinajstić information content (AvgIpc) is 3.24. The van der Waals surface area contributed by atoms with Crippen LogP contribution in [0.3, 0.4) is 0 Å². The summed E-state index contributed by atoms with van der Waals surface area (Å²) in [5.41, 5.74) is 2.13. The molecule has 0 aromatic heterocycles. The van der Waals surface area contributed by atoms with E-state index >= 15 is 0 Å². The maximum absolute atomic E-state index is 6.42. The lowest BCUT2D eigenvalue weighted by molar-refractivity contribution is -0.274. The minimum atomic E-state index is -0.714. The van der Waals surface area contributed by atoms with E-state index in [1.54, 1.807) is 0 Å². The highest BCUT2D eigenvalue weighted by molar-refractivity contribution is 5.29.